The van der Waals surface area contributed by atoms with Crippen molar-refractivity contribution in [3.05, 3.63) is 182 Å². The van der Waals surface area contributed by atoms with E-state index in [1.165, 1.54) is 16.3 Å². The lowest BCUT2D eigenvalue weighted by molar-refractivity contribution is 0.669. The summed E-state index contributed by atoms with van der Waals surface area (Å²) in [6.45, 7) is 0. The molecule has 6 heteroatoms. The van der Waals surface area contributed by atoms with Crippen LogP contribution in [0.5, 0.6) is 0 Å². The maximum Gasteiger partial charge on any atom is 0.164 e. The van der Waals surface area contributed by atoms with Crippen molar-refractivity contribution in [2.24, 2.45) is 0 Å². The lowest BCUT2D eigenvalue weighted by atomic mass is 10.0. The summed E-state index contributed by atoms with van der Waals surface area (Å²) in [5.74, 6) is 1.73. The molecule has 0 unspecified atom stereocenters. The van der Waals surface area contributed by atoms with E-state index in [0.717, 1.165) is 82.9 Å². The largest absolute Gasteiger partial charge is 0.456 e. The van der Waals surface area contributed by atoms with Gasteiger partial charge in [0.1, 0.15) is 22.3 Å². The van der Waals surface area contributed by atoms with Crippen LogP contribution in [0.2, 0.25) is 0 Å². The molecule has 266 valence electrons. The molecular weight excluding hydrogens is 701 g/mol. The van der Waals surface area contributed by atoms with Crippen molar-refractivity contribution < 1.29 is 8.83 Å². The number of fused-ring (bicyclic) bond motifs is 9. The van der Waals surface area contributed by atoms with Crippen LogP contribution in [-0.2, 0) is 0 Å². The molecule has 0 saturated carbocycles. The fraction of sp³-hybridized carbons (Fsp3) is 0. The third kappa shape index (κ3) is 4.94. The average Bonchev–Trinajstić information content (AvgIpc) is 3.96. The second-order valence-electron chi connectivity index (χ2n) is 14.4. The molecule has 0 aliphatic rings. The highest BCUT2D eigenvalue weighted by Crippen LogP contribution is 2.41. The van der Waals surface area contributed by atoms with E-state index in [1.54, 1.807) is 0 Å². The highest BCUT2D eigenvalue weighted by molar-refractivity contribution is 6.14. The Morgan fingerprint density at radius 3 is 1.86 bits per heavy atom. The first-order valence-electron chi connectivity index (χ1n) is 19.0. The number of rotatable bonds is 5. The predicted molar refractivity (Wildman–Crippen MR) is 230 cm³/mol. The normalized spacial score (nSPS) is 11.9. The van der Waals surface area contributed by atoms with Crippen LogP contribution in [0.25, 0.3) is 117 Å². The van der Waals surface area contributed by atoms with Gasteiger partial charge in [0.15, 0.2) is 17.5 Å². The molecule has 12 aromatic rings. The highest BCUT2D eigenvalue weighted by Gasteiger charge is 2.20. The maximum absolute atomic E-state index is 6.82. The smallest absolute Gasteiger partial charge is 0.164 e. The summed E-state index contributed by atoms with van der Waals surface area (Å²) in [6.07, 6.45) is 0. The summed E-state index contributed by atoms with van der Waals surface area (Å²) >= 11 is 0. The summed E-state index contributed by atoms with van der Waals surface area (Å²) in [5.41, 5.74) is 11.4. The standard InChI is InChI=1S/C51H30N4O2/c1-3-13-31(14-4-1)49-52-50(54-51(53-49)41-21-12-24-45-47(41)40-18-8-10-23-44(40)56-45)33-26-28-38-39-20-11-19-35(48(39)57-46(38)30-33)32-25-27-37-36-17-7-9-22-42(36)55(43(37)29-32)34-15-5-2-6-16-34/h1-30H. The van der Waals surface area contributed by atoms with Gasteiger partial charge in [-0.1, -0.05) is 133 Å². The van der Waals surface area contributed by atoms with Gasteiger partial charge in [-0.15, -0.1) is 0 Å². The van der Waals surface area contributed by atoms with Gasteiger partial charge in [0, 0.05) is 60.3 Å². The van der Waals surface area contributed by atoms with E-state index in [9.17, 15) is 0 Å². The van der Waals surface area contributed by atoms with Crippen molar-refractivity contribution in [1.29, 1.82) is 0 Å². The van der Waals surface area contributed by atoms with Gasteiger partial charge in [-0.3, -0.25) is 0 Å². The van der Waals surface area contributed by atoms with Crippen LogP contribution in [-0.4, -0.2) is 19.5 Å². The Labute approximate surface area is 325 Å². The molecule has 6 nitrogen and oxygen atoms in total. The molecule has 0 atom stereocenters. The zero-order chi connectivity index (χ0) is 37.5. The van der Waals surface area contributed by atoms with Crippen molar-refractivity contribution in [2.75, 3.05) is 0 Å². The Hall–Kier alpha value is -7.83. The number of furan rings is 2. The minimum atomic E-state index is 0.561. The Balaban J connectivity index is 1.03. The second kappa shape index (κ2) is 12.3. The van der Waals surface area contributed by atoms with Gasteiger partial charge in [-0.05, 0) is 54.1 Å². The molecule has 0 aliphatic heterocycles. The fourth-order valence-electron chi connectivity index (χ4n) is 8.46. The van der Waals surface area contributed by atoms with Crippen LogP contribution in [0.15, 0.2) is 191 Å². The maximum atomic E-state index is 6.82. The first-order chi connectivity index (χ1) is 28.2. The Morgan fingerprint density at radius 2 is 0.982 bits per heavy atom. The quantitative estimate of drug-likeness (QED) is 0.176. The van der Waals surface area contributed by atoms with Gasteiger partial charge in [0.05, 0.1) is 11.0 Å². The minimum absolute atomic E-state index is 0.561. The van der Waals surface area contributed by atoms with Crippen molar-refractivity contribution in [1.82, 2.24) is 19.5 Å². The summed E-state index contributed by atoms with van der Waals surface area (Å²) in [4.78, 5) is 15.2. The molecule has 0 N–H and O–H groups in total. The molecule has 12 rings (SSSR count). The van der Waals surface area contributed by atoms with Crippen LogP contribution in [0.1, 0.15) is 0 Å². The molecule has 0 saturated heterocycles. The summed E-state index contributed by atoms with van der Waals surface area (Å²) < 4.78 is 15.4. The van der Waals surface area contributed by atoms with Crippen molar-refractivity contribution in [3.8, 4) is 51.0 Å². The fourth-order valence-corrected chi connectivity index (χ4v) is 8.46. The lowest BCUT2D eigenvalue weighted by Crippen LogP contribution is -2.00. The van der Waals surface area contributed by atoms with E-state index in [1.807, 2.05) is 60.7 Å². The van der Waals surface area contributed by atoms with Crippen molar-refractivity contribution in [3.63, 3.8) is 0 Å². The SMILES string of the molecule is c1ccc(-c2nc(-c3ccc4c(c3)oc3c(-c5ccc6c7ccccc7n(-c7ccccc7)c6c5)cccc34)nc(-c3cccc4oc5ccccc5c34)n2)cc1. The molecule has 0 spiro atoms. The van der Waals surface area contributed by atoms with E-state index < -0.39 is 0 Å². The zero-order valence-electron chi connectivity index (χ0n) is 30.4. The molecule has 8 aromatic carbocycles. The highest BCUT2D eigenvalue weighted by atomic mass is 16.3. The molecule has 0 aliphatic carbocycles. The van der Waals surface area contributed by atoms with Crippen LogP contribution in [0.3, 0.4) is 0 Å². The predicted octanol–water partition coefficient (Wildman–Crippen LogP) is 13.4. The number of benzene rings is 8. The number of hydrogen-bond acceptors (Lipinski definition) is 5. The third-order valence-corrected chi connectivity index (χ3v) is 11.1. The van der Waals surface area contributed by atoms with Gasteiger partial charge in [0.25, 0.3) is 0 Å². The minimum Gasteiger partial charge on any atom is -0.456 e. The van der Waals surface area contributed by atoms with Gasteiger partial charge in [0.2, 0.25) is 0 Å². The van der Waals surface area contributed by atoms with Crippen molar-refractivity contribution in [2.45, 2.75) is 0 Å². The topological polar surface area (TPSA) is 69.9 Å². The second-order valence-corrected chi connectivity index (χ2v) is 14.4. The molecule has 57 heavy (non-hydrogen) atoms. The molecule has 0 bridgehead atoms. The van der Waals surface area contributed by atoms with Crippen molar-refractivity contribution >= 4 is 65.7 Å². The average molecular weight is 731 g/mol. The van der Waals surface area contributed by atoms with Crippen LogP contribution in [0, 0.1) is 0 Å². The Kier molecular flexibility index (Phi) is 6.83. The van der Waals surface area contributed by atoms with Crippen LogP contribution in [0.4, 0.5) is 0 Å². The number of nitrogens with zero attached hydrogens (tertiary/aromatic N) is 4. The Bertz CT molecular complexity index is 3530. The first kappa shape index (κ1) is 31.5. The third-order valence-electron chi connectivity index (χ3n) is 11.1. The van der Waals surface area contributed by atoms with E-state index in [2.05, 4.69) is 126 Å². The van der Waals surface area contributed by atoms with Gasteiger partial charge >= 0.3 is 0 Å². The van der Waals surface area contributed by atoms with Crippen LogP contribution < -0.4 is 0 Å². The van der Waals surface area contributed by atoms with Crippen LogP contribution >= 0.6 is 0 Å². The first-order valence-corrected chi connectivity index (χ1v) is 19.0. The van der Waals surface area contributed by atoms with E-state index in [4.69, 9.17) is 23.8 Å². The number of para-hydroxylation sites is 4. The molecule has 0 fully saturated rings. The Morgan fingerprint density at radius 1 is 0.351 bits per heavy atom. The summed E-state index contributed by atoms with van der Waals surface area (Å²) in [6, 6.07) is 62.7. The number of aromatic nitrogens is 4. The zero-order valence-corrected chi connectivity index (χ0v) is 30.4. The molecule has 0 amide bonds. The molecular formula is C51H30N4O2. The number of hydrogen-bond donors (Lipinski definition) is 0. The van der Waals surface area contributed by atoms with E-state index in [0.29, 0.717) is 17.5 Å². The lowest BCUT2D eigenvalue weighted by Gasteiger charge is -2.09. The van der Waals surface area contributed by atoms with Gasteiger partial charge in [-0.25, -0.2) is 15.0 Å². The summed E-state index contributed by atoms with van der Waals surface area (Å²) in [5, 5.41) is 6.52. The van der Waals surface area contributed by atoms with Gasteiger partial charge < -0.3 is 13.4 Å². The molecule has 0 radical (unpaired) electrons. The van der Waals surface area contributed by atoms with E-state index >= 15 is 0 Å². The summed E-state index contributed by atoms with van der Waals surface area (Å²) in [7, 11) is 0. The molecule has 4 aromatic heterocycles. The monoisotopic (exact) mass is 730 g/mol. The van der Waals surface area contributed by atoms with Gasteiger partial charge in [-0.2, -0.15) is 0 Å². The molecule has 4 heterocycles. The van der Waals surface area contributed by atoms with E-state index in [-0.39, 0.29) is 0 Å².